The number of hydrogen-bond acceptors (Lipinski definition) is 14. The van der Waals surface area contributed by atoms with Crippen LogP contribution < -0.4 is 26.6 Å². The second-order valence-electron chi connectivity index (χ2n) is 28.1. The van der Waals surface area contributed by atoms with Gasteiger partial charge in [0, 0.05) is 73.9 Å². The van der Waals surface area contributed by atoms with Crippen LogP contribution in [0.15, 0.2) is 23.8 Å². The number of nitrogens with one attached hydrogen (secondary N) is 5. The van der Waals surface area contributed by atoms with Crippen LogP contribution in [0.25, 0.3) is 0 Å². The van der Waals surface area contributed by atoms with Gasteiger partial charge in [-0.05, 0) is 115 Å². The molecule has 2 fully saturated rings. The van der Waals surface area contributed by atoms with Crippen LogP contribution in [0, 0.1) is 23.7 Å². The molecule has 1 saturated heterocycles. The summed E-state index contributed by atoms with van der Waals surface area (Å²) < 4.78 is 11.8. The maximum atomic E-state index is 15.2. The van der Waals surface area contributed by atoms with Crippen LogP contribution >= 0.6 is 0 Å². The van der Waals surface area contributed by atoms with Gasteiger partial charge in [-0.25, -0.2) is 0 Å². The normalized spacial score (nSPS) is 17.6. The van der Waals surface area contributed by atoms with Gasteiger partial charge in [0.1, 0.15) is 42.3 Å². The first-order chi connectivity index (χ1) is 44.6. The van der Waals surface area contributed by atoms with Gasteiger partial charge < -0.3 is 70.4 Å². The Morgan fingerprint density at radius 2 is 1.16 bits per heavy atom. The van der Waals surface area contributed by atoms with Gasteiger partial charge in [0.25, 0.3) is 0 Å². The largest absolute Gasteiger partial charge is 0.378 e. The summed E-state index contributed by atoms with van der Waals surface area (Å²) in [4.78, 5) is 164. The molecule has 542 valence electrons. The molecule has 10 atom stereocenters. The number of unbranched alkanes of at least 4 members (excludes halogenated alkanes) is 1. The van der Waals surface area contributed by atoms with E-state index in [-0.39, 0.29) is 75.3 Å². The van der Waals surface area contributed by atoms with Gasteiger partial charge in [-0.2, -0.15) is 0 Å². The maximum absolute atomic E-state index is 15.2. The summed E-state index contributed by atoms with van der Waals surface area (Å²) in [7, 11) is 8.98. The van der Waals surface area contributed by atoms with Crippen molar-refractivity contribution in [1.82, 2.24) is 60.9 Å². The molecule has 25 heteroatoms. The van der Waals surface area contributed by atoms with Gasteiger partial charge in [0.15, 0.2) is 0 Å². The van der Waals surface area contributed by atoms with Crippen molar-refractivity contribution in [3.8, 4) is 0 Å². The van der Waals surface area contributed by atoms with E-state index >= 15 is 9.59 Å². The predicted octanol–water partition coefficient (Wildman–Crippen LogP) is 4.66. The predicted molar refractivity (Wildman–Crippen MR) is 369 cm³/mol. The van der Waals surface area contributed by atoms with Gasteiger partial charge in [-0.3, -0.25) is 52.7 Å². The minimum Gasteiger partial charge on any atom is -0.378 e. The highest BCUT2D eigenvalue weighted by molar-refractivity contribution is 5.97. The highest BCUT2D eigenvalue weighted by Crippen LogP contribution is 2.27. The highest BCUT2D eigenvalue weighted by atomic mass is 16.5. The van der Waals surface area contributed by atoms with Gasteiger partial charge in [0.05, 0.1) is 45.6 Å². The molecule has 25 nitrogen and oxygen atoms in total. The lowest BCUT2D eigenvalue weighted by molar-refractivity contribution is -0.150. The molecule has 1 saturated carbocycles. The minimum atomic E-state index is -1.37. The summed E-state index contributed by atoms with van der Waals surface area (Å²) in [6, 6.07) is -8.40. The van der Waals surface area contributed by atoms with E-state index in [0.717, 1.165) is 49.7 Å². The van der Waals surface area contributed by atoms with Crippen molar-refractivity contribution in [2.75, 3.05) is 94.9 Å². The summed E-state index contributed by atoms with van der Waals surface area (Å²) in [5.41, 5.74) is 2.32. The molecule has 2 rings (SSSR count). The number of nitrogens with zero attached hydrogens (tertiary/aromatic N) is 7. The standard InChI is InChI=1S/C70H124N12O13/c1-21-24-33-82(40-62(86)79(18)57(31-30-52-27-25-26-49(12)28-29-52)69(92)81(20)59(37-47(8)9)67(90)72-50(13)35-45(4)5)68(91)54(43-95-42-53-41-94-34-32-71-53)74-64(87)56(23-3)80(19)70(93)63(48(10)11)75-65(88)55(22-2)78(17)61(85)39-76(15)60(84)38-51(14)73-66(89)58(36-46(6)7)77(16)44-83/h30,44-48,50-51,53-59,63,71H,12,21-29,31-43H2,1-11,13-20H3,(H,72,90)(H,73,89)(H,74,87)(H,75,88)/b52-30+/t50?,51-,53+,54?,55?,56?,57?,58?,59?,63?/m1/s1. The Balaban J connectivity index is 2.49. The Kier molecular flexibility index (Phi) is 38.3. The molecule has 1 aliphatic heterocycles. The van der Waals surface area contributed by atoms with Crippen LogP contribution in [-0.4, -0.2) is 255 Å². The Morgan fingerprint density at radius 3 is 1.73 bits per heavy atom. The number of likely N-dealkylation sites (N-methyl/N-ethyl adjacent to an activating group) is 6. The molecule has 0 aromatic carbocycles. The summed E-state index contributed by atoms with van der Waals surface area (Å²) in [6.07, 6.45) is 9.77. The average Bonchev–Trinajstić information content (AvgIpc) is 0.886. The van der Waals surface area contributed by atoms with Crippen LogP contribution in [0.3, 0.4) is 0 Å². The molecule has 1 heterocycles. The van der Waals surface area contributed by atoms with Gasteiger partial charge in [0.2, 0.25) is 65.5 Å². The first-order valence-corrected chi connectivity index (χ1v) is 34.8. The van der Waals surface area contributed by atoms with Crippen LogP contribution in [0.1, 0.15) is 180 Å². The number of ether oxygens (including phenoxy) is 2. The van der Waals surface area contributed by atoms with Gasteiger partial charge in [-0.1, -0.05) is 106 Å². The maximum Gasteiger partial charge on any atom is 0.248 e. The van der Waals surface area contributed by atoms with Crippen molar-refractivity contribution >= 4 is 65.5 Å². The fourth-order valence-corrected chi connectivity index (χ4v) is 12.0. The summed E-state index contributed by atoms with van der Waals surface area (Å²) in [6.45, 7) is 29.1. The van der Waals surface area contributed by atoms with Crippen molar-refractivity contribution in [2.24, 2.45) is 23.7 Å². The lowest BCUT2D eigenvalue weighted by Gasteiger charge is -2.36. The summed E-state index contributed by atoms with van der Waals surface area (Å²) >= 11 is 0. The van der Waals surface area contributed by atoms with Gasteiger partial charge in [-0.15, -0.1) is 0 Å². The zero-order valence-corrected chi connectivity index (χ0v) is 61.4. The van der Waals surface area contributed by atoms with E-state index in [1.54, 1.807) is 48.7 Å². The van der Waals surface area contributed by atoms with E-state index < -0.39 is 121 Å². The van der Waals surface area contributed by atoms with E-state index in [1.165, 1.54) is 62.5 Å². The van der Waals surface area contributed by atoms with E-state index in [1.807, 2.05) is 47.6 Å². The third-order valence-corrected chi connectivity index (χ3v) is 17.9. The smallest absolute Gasteiger partial charge is 0.248 e. The van der Waals surface area contributed by atoms with Crippen molar-refractivity contribution in [1.29, 1.82) is 0 Å². The molecule has 0 radical (unpaired) electrons. The lowest BCUT2D eigenvalue weighted by atomic mass is 9.98. The highest BCUT2D eigenvalue weighted by Gasteiger charge is 2.40. The molecule has 8 unspecified atom stereocenters. The fourth-order valence-electron chi connectivity index (χ4n) is 12.0. The number of rotatable bonds is 41. The molecule has 2 aliphatic rings. The molecule has 11 amide bonds. The Bertz CT molecular complexity index is 2540. The molecular formula is C70H124N12O13. The van der Waals surface area contributed by atoms with Crippen molar-refractivity contribution in [2.45, 2.75) is 240 Å². The average molecular weight is 1340 g/mol. The van der Waals surface area contributed by atoms with E-state index in [4.69, 9.17) is 9.47 Å². The summed E-state index contributed by atoms with van der Waals surface area (Å²) in [5, 5.41) is 15.0. The van der Waals surface area contributed by atoms with Crippen molar-refractivity contribution < 1.29 is 62.2 Å². The second-order valence-corrected chi connectivity index (χ2v) is 28.1. The molecule has 1 aliphatic carbocycles. The zero-order chi connectivity index (χ0) is 72.0. The molecule has 0 aromatic rings. The Labute approximate surface area is 569 Å². The second kappa shape index (κ2) is 42.9. The number of morpholine rings is 1. The molecule has 0 spiro atoms. The number of allylic oxidation sites excluding steroid dienone is 2. The van der Waals surface area contributed by atoms with Crippen LogP contribution in [0.4, 0.5) is 0 Å². The third-order valence-electron chi connectivity index (χ3n) is 17.9. The molecule has 0 bridgehead atoms. The Hall–Kier alpha value is -6.47. The Morgan fingerprint density at radius 1 is 0.611 bits per heavy atom. The molecule has 5 N–H and O–H groups in total. The number of carbonyl (C=O) groups is 11. The quantitative estimate of drug-likeness (QED) is 0.0316. The minimum absolute atomic E-state index is 0.0496. The fraction of sp³-hybridized carbons (Fsp3) is 0.786. The number of carbonyl (C=O) groups excluding carboxylic acids is 11. The van der Waals surface area contributed by atoms with Crippen LogP contribution in [0.5, 0.6) is 0 Å². The first-order valence-electron chi connectivity index (χ1n) is 34.8. The third kappa shape index (κ3) is 28.6. The van der Waals surface area contributed by atoms with Crippen LogP contribution in [-0.2, 0) is 62.2 Å². The van der Waals surface area contributed by atoms with E-state index in [2.05, 4.69) is 47.0 Å². The van der Waals surface area contributed by atoms with Crippen molar-refractivity contribution in [3.63, 3.8) is 0 Å². The van der Waals surface area contributed by atoms with Crippen LogP contribution in [0.2, 0.25) is 0 Å². The molecule has 0 aromatic heterocycles. The number of amides is 11. The SMILES string of the molecule is C=C1CCC/C(=C\CC(C(=O)N(C)C(CC(C)C)C(=O)NC(C)CC(C)C)N(C)C(=O)CN(CCCC)C(=O)C(COC[C@@H]2COCCN2)NC(=O)C(CC)N(C)C(=O)C(NC(=O)C(CC)N(C)C(=O)CN(C)C(=O)C[C@@H](C)NC(=O)C(CC(C)C)N(C)C=O)C(C)C)CC1. The summed E-state index contributed by atoms with van der Waals surface area (Å²) in [5.74, 6) is -5.27. The number of hydrogen-bond donors (Lipinski definition) is 5. The van der Waals surface area contributed by atoms with Gasteiger partial charge >= 0.3 is 0 Å². The lowest BCUT2D eigenvalue weighted by Crippen LogP contribution is -2.61. The topological polar surface area (TPSA) is 289 Å². The van der Waals surface area contributed by atoms with Crippen molar-refractivity contribution in [3.05, 3.63) is 23.8 Å². The van der Waals surface area contributed by atoms with E-state index in [9.17, 15) is 43.2 Å². The van der Waals surface area contributed by atoms with E-state index in [0.29, 0.717) is 57.8 Å². The monoisotopic (exact) mass is 1340 g/mol. The molecular weight excluding hydrogens is 1220 g/mol. The molecule has 95 heavy (non-hydrogen) atoms. The first kappa shape index (κ1) is 84.6. The zero-order valence-electron chi connectivity index (χ0n) is 61.4.